The quantitative estimate of drug-likeness (QED) is 0.446. The van der Waals surface area contributed by atoms with E-state index < -0.39 is 17.7 Å². The van der Waals surface area contributed by atoms with Gasteiger partial charge in [-0.1, -0.05) is 13.3 Å². The van der Waals surface area contributed by atoms with Crippen LogP contribution in [0.1, 0.15) is 53.9 Å². The molecule has 0 unspecified atom stereocenters. The van der Waals surface area contributed by atoms with Crippen LogP contribution in [0.4, 0.5) is 4.79 Å². The summed E-state index contributed by atoms with van der Waals surface area (Å²) >= 11 is 0. The predicted octanol–water partition coefficient (Wildman–Crippen LogP) is 3.11. The van der Waals surface area contributed by atoms with Gasteiger partial charge in [0, 0.05) is 6.54 Å². The van der Waals surface area contributed by atoms with E-state index in [2.05, 4.69) is 0 Å². The van der Waals surface area contributed by atoms with E-state index in [0.29, 0.717) is 25.8 Å². The van der Waals surface area contributed by atoms with Crippen molar-refractivity contribution in [2.75, 3.05) is 6.54 Å². The Bertz CT molecular complexity index is 361. The number of hydrogen-bond acceptors (Lipinski definition) is 4. The molecule has 0 spiro atoms. The highest BCUT2D eigenvalue weighted by Crippen LogP contribution is 2.12. The average Bonchev–Trinajstić information content (AvgIpc) is 2.24. The molecule has 20 heavy (non-hydrogen) atoms. The van der Waals surface area contributed by atoms with Gasteiger partial charge in [0.1, 0.15) is 11.4 Å². The van der Waals surface area contributed by atoms with Crippen molar-refractivity contribution >= 4 is 17.9 Å². The van der Waals surface area contributed by atoms with Crippen LogP contribution in [0.2, 0.25) is 0 Å². The van der Waals surface area contributed by atoms with Crippen LogP contribution in [0.5, 0.6) is 0 Å². The predicted molar refractivity (Wildman–Crippen MR) is 77.0 cm³/mol. The number of carboxylic acids is 1. The van der Waals surface area contributed by atoms with E-state index in [0.717, 1.165) is 0 Å². The molecule has 1 atom stereocenters. The van der Waals surface area contributed by atoms with Gasteiger partial charge in [0.2, 0.25) is 0 Å². The molecule has 0 bridgehead atoms. The third kappa shape index (κ3) is 7.76. The topological polar surface area (TPSA) is 90.7 Å². The number of carbonyl (C=O) groups is 2. The van der Waals surface area contributed by atoms with Gasteiger partial charge in [-0.15, -0.1) is 0 Å². The van der Waals surface area contributed by atoms with E-state index in [1.54, 1.807) is 27.7 Å². The summed E-state index contributed by atoms with van der Waals surface area (Å²) in [6.45, 7) is 8.89. The molecule has 0 aromatic rings. The van der Waals surface area contributed by atoms with Gasteiger partial charge in [-0.2, -0.15) is 0 Å². The van der Waals surface area contributed by atoms with Gasteiger partial charge < -0.3 is 9.84 Å². The van der Waals surface area contributed by atoms with Crippen LogP contribution in [-0.4, -0.2) is 40.1 Å². The first kappa shape index (κ1) is 18.4. The smallest absolute Gasteiger partial charge is 0.415 e. The van der Waals surface area contributed by atoms with Gasteiger partial charge in [-0.25, -0.2) is 4.79 Å². The minimum Gasteiger partial charge on any atom is -0.481 e. The lowest BCUT2D eigenvalue weighted by Crippen LogP contribution is -2.40. The highest BCUT2D eigenvalue weighted by Gasteiger charge is 2.23. The molecule has 6 heteroatoms. The second kappa shape index (κ2) is 7.87. The lowest BCUT2D eigenvalue weighted by molar-refractivity contribution is -0.141. The summed E-state index contributed by atoms with van der Waals surface area (Å²) in [5.41, 5.74) is -0.595. The summed E-state index contributed by atoms with van der Waals surface area (Å²) in [4.78, 5) is 23.9. The number of amides is 1. The van der Waals surface area contributed by atoms with Gasteiger partial charge in [-0.3, -0.25) is 15.1 Å². The lowest BCUT2D eigenvalue weighted by atomic mass is 10.0. The molecule has 0 aromatic carbocycles. The van der Waals surface area contributed by atoms with Crippen molar-refractivity contribution < 1.29 is 19.4 Å². The van der Waals surface area contributed by atoms with Gasteiger partial charge in [0.25, 0.3) is 0 Å². The van der Waals surface area contributed by atoms with Gasteiger partial charge in [0.15, 0.2) is 0 Å². The summed E-state index contributed by atoms with van der Waals surface area (Å²) in [6, 6.07) is 0. The molecule has 0 saturated heterocycles. The molecule has 0 aliphatic heterocycles. The van der Waals surface area contributed by atoms with E-state index in [1.807, 2.05) is 0 Å². The first-order valence-electron chi connectivity index (χ1n) is 6.83. The number of rotatable bonds is 6. The summed E-state index contributed by atoms with van der Waals surface area (Å²) < 4.78 is 5.23. The molecule has 0 aliphatic carbocycles. The Morgan fingerprint density at radius 3 is 2.25 bits per heavy atom. The number of ether oxygens (including phenoxy) is 1. The number of carbonyl (C=O) groups excluding carboxylic acids is 1. The number of unbranched alkanes of at least 4 members (excludes halogenated alkanes) is 1. The Morgan fingerprint density at radius 1 is 1.30 bits per heavy atom. The van der Waals surface area contributed by atoms with E-state index in [4.69, 9.17) is 15.3 Å². The Hall–Kier alpha value is -1.59. The first-order chi connectivity index (χ1) is 9.04. The molecule has 0 heterocycles. The second-order valence-corrected chi connectivity index (χ2v) is 5.95. The van der Waals surface area contributed by atoms with Crippen LogP contribution in [0.3, 0.4) is 0 Å². The number of aliphatic carboxylic acids is 1. The number of amidine groups is 1. The number of nitrogens with zero attached hydrogens (tertiary/aromatic N) is 1. The van der Waals surface area contributed by atoms with Gasteiger partial charge >= 0.3 is 12.1 Å². The van der Waals surface area contributed by atoms with Crippen LogP contribution in [0.25, 0.3) is 0 Å². The second-order valence-electron chi connectivity index (χ2n) is 5.95. The molecular formula is C14H26N2O4. The van der Waals surface area contributed by atoms with Crippen LogP contribution < -0.4 is 0 Å². The maximum absolute atomic E-state index is 11.9. The number of carboxylic acid groups (broad SMARTS) is 1. The molecule has 0 aliphatic rings. The zero-order valence-electron chi connectivity index (χ0n) is 13.0. The summed E-state index contributed by atoms with van der Waals surface area (Å²) in [7, 11) is 0. The molecular weight excluding hydrogens is 260 g/mol. The number of hydrogen-bond donors (Lipinski definition) is 2. The SMILES string of the molecule is CC(=N)N(CCCC[C@H](C)C(=O)O)C(=O)OC(C)(C)C. The van der Waals surface area contributed by atoms with Crippen molar-refractivity contribution in [2.24, 2.45) is 5.92 Å². The molecule has 116 valence electrons. The van der Waals surface area contributed by atoms with Gasteiger partial charge in [-0.05, 0) is 40.5 Å². The van der Waals surface area contributed by atoms with Crippen molar-refractivity contribution in [2.45, 2.75) is 59.5 Å². The third-order valence-electron chi connectivity index (χ3n) is 2.71. The van der Waals surface area contributed by atoms with Crippen molar-refractivity contribution in [1.82, 2.24) is 4.90 Å². The maximum atomic E-state index is 11.9. The Morgan fingerprint density at radius 2 is 1.85 bits per heavy atom. The highest BCUT2D eigenvalue weighted by atomic mass is 16.6. The molecule has 0 radical (unpaired) electrons. The van der Waals surface area contributed by atoms with Crippen LogP contribution in [-0.2, 0) is 9.53 Å². The van der Waals surface area contributed by atoms with Crippen LogP contribution in [0.15, 0.2) is 0 Å². The van der Waals surface area contributed by atoms with E-state index >= 15 is 0 Å². The first-order valence-corrected chi connectivity index (χ1v) is 6.83. The minimum absolute atomic E-state index is 0.130. The molecule has 0 fully saturated rings. The standard InChI is InChI=1S/C14H26N2O4/c1-10(12(17)18)8-6-7-9-16(11(2)15)13(19)20-14(3,4)5/h10,15H,6-9H2,1-5H3,(H,17,18)/t10-/m0/s1. The molecule has 2 N–H and O–H groups in total. The van der Waals surface area contributed by atoms with Crippen molar-refractivity contribution in [3.63, 3.8) is 0 Å². The Balaban J connectivity index is 4.26. The zero-order valence-corrected chi connectivity index (χ0v) is 13.0. The van der Waals surface area contributed by atoms with E-state index in [9.17, 15) is 9.59 Å². The zero-order chi connectivity index (χ0) is 15.9. The molecule has 0 saturated carbocycles. The normalized spacial score (nSPS) is 12.7. The summed E-state index contributed by atoms with van der Waals surface area (Å²) in [5, 5.41) is 16.4. The monoisotopic (exact) mass is 286 g/mol. The van der Waals surface area contributed by atoms with Gasteiger partial charge in [0.05, 0.1) is 5.92 Å². The maximum Gasteiger partial charge on any atom is 0.415 e. The number of nitrogens with one attached hydrogen (secondary N) is 1. The summed E-state index contributed by atoms with van der Waals surface area (Å²) in [5.74, 6) is -1.06. The minimum atomic E-state index is -0.808. The van der Waals surface area contributed by atoms with E-state index in [1.165, 1.54) is 11.8 Å². The van der Waals surface area contributed by atoms with E-state index in [-0.39, 0.29) is 11.8 Å². The average molecular weight is 286 g/mol. The fraction of sp³-hybridized carbons (Fsp3) is 0.786. The third-order valence-corrected chi connectivity index (χ3v) is 2.71. The lowest BCUT2D eigenvalue weighted by Gasteiger charge is -2.26. The fourth-order valence-electron chi connectivity index (χ4n) is 1.56. The Labute approximate surface area is 120 Å². The molecule has 0 rings (SSSR count). The van der Waals surface area contributed by atoms with Crippen molar-refractivity contribution in [3.8, 4) is 0 Å². The van der Waals surface area contributed by atoms with Crippen molar-refractivity contribution in [1.29, 1.82) is 5.41 Å². The van der Waals surface area contributed by atoms with Crippen LogP contribution >= 0.6 is 0 Å². The fourth-order valence-corrected chi connectivity index (χ4v) is 1.56. The summed E-state index contributed by atoms with van der Waals surface area (Å²) in [6.07, 6.45) is 1.37. The van der Waals surface area contributed by atoms with Crippen LogP contribution in [0, 0.1) is 11.3 Å². The largest absolute Gasteiger partial charge is 0.481 e. The molecule has 0 aromatic heterocycles. The molecule has 6 nitrogen and oxygen atoms in total. The Kier molecular flexibility index (Phi) is 7.24. The highest BCUT2D eigenvalue weighted by molar-refractivity contribution is 5.92. The van der Waals surface area contributed by atoms with Crippen molar-refractivity contribution in [3.05, 3.63) is 0 Å². The molecule has 1 amide bonds.